The third kappa shape index (κ3) is 3.50. The molecule has 2 aromatic heterocycles. The molecule has 0 fully saturated rings. The van der Waals surface area contributed by atoms with Crippen LogP contribution in [0.5, 0.6) is 0 Å². The van der Waals surface area contributed by atoms with E-state index in [1.807, 2.05) is 6.92 Å². The zero-order valence-electron chi connectivity index (χ0n) is 10.5. The number of anilines is 1. The summed E-state index contributed by atoms with van der Waals surface area (Å²) in [5, 5.41) is 8.44. The molecular formula is C12H11BrCl2N4O. The predicted octanol–water partition coefficient (Wildman–Crippen LogP) is 3.61. The van der Waals surface area contributed by atoms with Crippen LogP contribution in [-0.4, -0.2) is 26.0 Å². The molecule has 2 rings (SSSR count). The fraction of sp³-hybridized carbons (Fsp3) is 0.250. The summed E-state index contributed by atoms with van der Waals surface area (Å²) in [5.41, 5.74) is 0.743. The topological polar surface area (TPSA) is 59.8 Å². The van der Waals surface area contributed by atoms with Crippen molar-refractivity contribution in [3.8, 4) is 5.82 Å². The van der Waals surface area contributed by atoms with Gasteiger partial charge in [-0.1, -0.05) is 39.1 Å². The molecule has 0 spiro atoms. The van der Waals surface area contributed by atoms with Crippen LogP contribution in [0.4, 0.5) is 5.82 Å². The lowest BCUT2D eigenvalue weighted by molar-refractivity contribution is -0.115. The van der Waals surface area contributed by atoms with Gasteiger partial charge in [-0.05, 0) is 13.0 Å². The van der Waals surface area contributed by atoms with Gasteiger partial charge in [-0.15, -0.1) is 0 Å². The average molecular weight is 378 g/mol. The van der Waals surface area contributed by atoms with Gasteiger partial charge in [-0.2, -0.15) is 9.78 Å². The Labute approximate surface area is 134 Å². The van der Waals surface area contributed by atoms with Crippen LogP contribution in [0.3, 0.4) is 0 Å². The van der Waals surface area contributed by atoms with Crippen LogP contribution in [0.25, 0.3) is 5.82 Å². The molecule has 106 valence electrons. The number of rotatable bonds is 4. The minimum atomic E-state index is -0.117. The van der Waals surface area contributed by atoms with E-state index in [9.17, 15) is 4.79 Å². The summed E-state index contributed by atoms with van der Waals surface area (Å²) in [7, 11) is 0. The van der Waals surface area contributed by atoms with Crippen LogP contribution in [0.2, 0.25) is 10.0 Å². The standard InChI is InChI=1S/C12H11BrCl2N4O/c1-7-4-10(17-11(20)2-3-13)19(18-7)12-9(15)5-8(14)6-16-12/h4-6H,2-3H2,1H3,(H,17,20). The number of nitrogens with one attached hydrogen (secondary N) is 1. The molecule has 0 saturated heterocycles. The van der Waals surface area contributed by atoms with Crippen molar-refractivity contribution in [2.75, 3.05) is 10.6 Å². The SMILES string of the molecule is Cc1cc(NC(=O)CCBr)n(-c2ncc(Cl)cc2Cl)n1. The van der Waals surface area contributed by atoms with E-state index in [4.69, 9.17) is 23.2 Å². The number of carbonyl (C=O) groups excluding carboxylic acids is 1. The highest BCUT2D eigenvalue weighted by atomic mass is 79.9. The summed E-state index contributed by atoms with van der Waals surface area (Å²) in [5.74, 6) is 0.816. The van der Waals surface area contributed by atoms with Crippen LogP contribution in [0, 0.1) is 6.92 Å². The highest BCUT2D eigenvalue weighted by Gasteiger charge is 2.14. The number of hydrogen-bond donors (Lipinski definition) is 1. The minimum absolute atomic E-state index is 0.117. The Kier molecular flexibility index (Phi) is 5.01. The maximum atomic E-state index is 11.7. The number of nitrogens with zero attached hydrogens (tertiary/aromatic N) is 3. The van der Waals surface area contributed by atoms with Crippen molar-refractivity contribution in [1.82, 2.24) is 14.8 Å². The molecule has 0 saturated carbocycles. The summed E-state index contributed by atoms with van der Waals surface area (Å²) in [6.45, 7) is 1.82. The van der Waals surface area contributed by atoms with Gasteiger partial charge < -0.3 is 5.32 Å². The smallest absolute Gasteiger partial charge is 0.226 e. The first-order chi connectivity index (χ1) is 9.51. The Morgan fingerprint density at radius 3 is 2.85 bits per heavy atom. The third-order valence-electron chi connectivity index (χ3n) is 2.41. The Balaban J connectivity index is 2.38. The Hall–Kier alpha value is -1.11. The molecule has 20 heavy (non-hydrogen) atoms. The summed E-state index contributed by atoms with van der Waals surface area (Å²) >= 11 is 15.2. The third-order valence-corrected chi connectivity index (χ3v) is 3.29. The monoisotopic (exact) mass is 376 g/mol. The number of amides is 1. The number of aryl methyl sites for hydroxylation is 1. The summed E-state index contributed by atoms with van der Waals surface area (Å²) in [6, 6.07) is 3.32. The summed E-state index contributed by atoms with van der Waals surface area (Å²) in [4.78, 5) is 15.8. The van der Waals surface area contributed by atoms with Gasteiger partial charge in [-0.3, -0.25) is 4.79 Å². The van der Waals surface area contributed by atoms with Gasteiger partial charge in [0.25, 0.3) is 0 Å². The van der Waals surface area contributed by atoms with E-state index < -0.39 is 0 Å². The Morgan fingerprint density at radius 2 is 2.20 bits per heavy atom. The maximum Gasteiger partial charge on any atom is 0.226 e. The fourth-order valence-corrected chi connectivity index (χ4v) is 2.42. The quantitative estimate of drug-likeness (QED) is 0.828. The number of alkyl halides is 1. The summed E-state index contributed by atoms with van der Waals surface area (Å²) < 4.78 is 1.49. The molecule has 2 heterocycles. The minimum Gasteiger partial charge on any atom is -0.311 e. The van der Waals surface area contributed by atoms with Gasteiger partial charge in [0.15, 0.2) is 5.82 Å². The van der Waals surface area contributed by atoms with Crippen molar-refractivity contribution in [3.05, 3.63) is 34.1 Å². The molecule has 0 radical (unpaired) electrons. The molecule has 1 amide bonds. The highest BCUT2D eigenvalue weighted by Crippen LogP contribution is 2.24. The molecule has 0 atom stereocenters. The van der Waals surface area contributed by atoms with E-state index in [1.54, 1.807) is 12.1 Å². The van der Waals surface area contributed by atoms with Crippen LogP contribution in [-0.2, 0) is 4.79 Å². The van der Waals surface area contributed by atoms with Crippen LogP contribution < -0.4 is 5.32 Å². The average Bonchev–Trinajstić information content (AvgIpc) is 2.70. The zero-order chi connectivity index (χ0) is 14.7. The number of halogens is 3. The largest absolute Gasteiger partial charge is 0.311 e. The normalized spacial score (nSPS) is 10.6. The number of carbonyl (C=O) groups is 1. The maximum absolute atomic E-state index is 11.7. The van der Waals surface area contributed by atoms with Crippen molar-refractivity contribution in [1.29, 1.82) is 0 Å². The first kappa shape index (κ1) is 15.3. The zero-order valence-corrected chi connectivity index (χ0v) is 13.6. The van der Waals surface area contributed by atoms with Gasteiger partial charge in [0, 0.05) is 24.0 Å². The second kappa shape index (κ2) is 6.56. The van der Waals surface area contributed by atoms with Crippen molar-refractivity contribution in [2.45, 2.75) is 13.3 Å². The lowest BCUT2D eigenvalue weighted by atomic mass is 10.4. The molecule has 0 aliphatic carbocycles. The summed E-state index contributed by atoms with van der Waals surface area (Å²) in [6.07, 6.45) is 1.84. The lowest BCUT2D eigenvalue weighted by Gasteiger charge is -2.09. The molecule has 1 N–H and O–H groups in total. The van der Waals surface area contributed by atoms with Gasteiger partial charge in [0.05, 0.1) is 15.7 Å². The van der Waals surface area contributed by atoms with E-state index in [0.29, 0.717) is 33.4 Å². The van der Waals surface area contributed by atoms with E-state index in [2.05, 4.69) is 31.3 Å². The van der Waals surface area contributed by atoms with Gasteiger partial charge in [0.2, 0.25) is 5.91 Å². The van der Waals surface area contributed by atoms with Gasteiger partial charge in [-0.25, -0.2) is 4.98 Å². The van der Waals surface area contributed by atoms with Crippen LogP contribution in [0.15, 0.2) is 18.3 Å². The van der Waals surface area contributed by atoms with Crippen molar-refractivity contribution < 1.29 is 4.79 Å². The van der Waals surface area contributed by atoms with E-state index in [1.165, 1.54) is 10.9 Å². The molecule has 0 unspecified atom stereocenters. The first-order valence-electron chi connectivity index (χ1n) is 5.75. The molecule has 2 aromatic rings. The fourth-order valence-electron chi connectivity index (χ4n) is 1.60. The molecule has 0 aliphatic rings. The second-order valence-corrected chi connectivity index (χ2v) is 5.67. The van der Waals surface area contributed by atoms with Crippen molar-refractivity contribution in [3.63, 3.8) is 0 Å². The number of hydrogen-bond acceptors (Lipinski definition) is 3. The highest BCUT2D eigenvalue weighted by molar-refractivity contribution is 9.09. The predicted molar refractivity (Wildman–Crippen MR) is 83.2 cm³/mol. The lowest BCUT2D eigenvalue weighted by Crippen LogP contribution is -2.15. The molecule has 0 aliphatic heterocycles. The van der Waals surface area contributed by atoms with Gasteiger partial charge in [0.1, 0.15) is 5.82 Å². The van der Waals surface area contributed by atoms with Crippen molar-refractivity contribution in [2.24, 2.45) is 0 Å². The van der Waals surface area contributed by atoms with Crippen molar-refractivity contribution >= 4 is 50.9 Å². The first-order valence-corrected chi connectivity index (χ1v) is 7.63. The Bertz CT molecular complexity index is 644. The molecule has 0 bridgehead atoms. The Morgan fingerprint density at radius 1 is 1.45 bits per heavy atom. The molecular weight excluding hydrogens is 367 g/mol. The number of aromatic nitrogens is 3. The molecule has 8 heteroatoms. The second-order valence-electron chi connectivity index (χ2n) is 4.03. The van der Waals surface area contributed by atoms with Crippen LogP contribution >= 0.6 is 39.1 Å². The van der Waals surface area contributed by atoms with E-state index >= 15 is 0 Å². The molecule has 5 nitrogen and oxygen atoms in total. The number of pyridine rings is 1. The van der Waals surface area contributed by atoms with Crippen LogP contribution in [0.1, 0.15) is 12.1 Å². The van der Waals surface area contributed by atoms with E-state index in [0.717, 1.165) is 5.69 Å². The van der Waals surface area contributed by atoms with E-state index in [-0.39, 0.29) is 5.91 Å². The van der Waals surface area contributed by atoms with Gasteiger partial charge >= 0.3 is 0 Å². The molecule has 0 aromatic carbocycles.